The quantitative estimate of drug-likeness (QED) is 0.828. The molecule has 0 aliphatic heterocycles. The summed E-state index contributed by atoms with van der Waals surface area (Å²) < 4.78 is 5.28. The van der Waals surface area contributed by atoms with Gasteiger partial charge in [-0.15, -0.1) is 0 Å². The summed E-state index contributed by atoms with van der Waals surface area (Å²) in [6, 6.07) is 11.4. The molecule has 1 rings (SSSR count). The molecule has 2 atom stereocenters. The van der Waals surface area contributed by atoms with Crippen molar-refractivity contribution in [2.24, 2.45) is 5.41 Å². The van der Waals surface area contributed by atoms with Crippen LogP contribution in [0.15, 0.2) is 30.3 Å². The van der Waals surface area contributed by atoms with Gasteiger partial charge >= 0.3 is 0 Å². The lowest BCUT2D eigenvalue weighted by molar-refractivity contribution is 0.141. The van der Waals surface area contributed by atoms with Gasteiger partial charge in [-0.1, -0.05) is 58.0 Å². The molecule has 18 heavy (non-hydrogen) atoms. The monoisotopic (exact) mass is 249 g/mol. The van der Waals surface area contributed by atoms with Gasteiger partial charge < -0.3 is 10.1 Å². The molecule has 0 aromatic heterocycles. The van der Waals surface area contributed by atoms with Gasteiger partial charge in [0.15, 0.2) is 0 Å². The highest BCUT2D eigenvalue weighted by Gasteiger charge is 2.27. The fourth-order valence-electron chi connectivity index (χ4n) is 2.21. The van der Waals surface area contributed by atoms with Crippen molar-refractivity contribution in [2.75, 3.05) is 13.7 Å². The van der Waals surface area contributed by atoms with Crippen LogP contribution in [0.4, 0.5) is 0 Å². The minimum Gasteiger partial charge on any atom is -0.383 e. The van der Waals surface area contributed by atoms with Gasteiger partial charge in [-0.2, -0.15) is 0 Å². The van der Waals surface area contributed by atoms with Crippen molar-refractivity contribution in [3.8, 4) is 0 Å². The molecule has 1 aromatic rings. The van der Waals surface area contributed by atoms with Crippen LogP contribution in [0, 0.1) is 5.41 Å². The van der Waals surface area contributed by atoms with Gasteiger partial charge in [0.05, 0.1) is 6.61 Å². The Morgan fingerprint density at radius 1 is 1.17 bits per heavy atom. The fraction of sp³-hybridized carbons (Fsp3) is 0.625. The van der Waals surface area contributed by atoms with Gasteiger partial charge in [0, 0.05) is 19.2 Å². The Morgan fingerprint density at radius 3 is 2.22 bits per heavy atom. The SMILES string of the molecule is CCC(COC)NC(c1ccccc1)C(C)(C)C. The highest BCUT2D eigenvalue weighted by atomic mass is 16.5. The van der Waals surface area contributed by atoms with E-state index < -0.39 is 0 Å². The van der Waals surface area contributed by atoms with Crippen molar-refractivity contribution < 1.29 is 4.74 Å². The Kier molecular flexibility index (Phi) is 5.83. The van der Waals surface area contributed by atoms with Crippen LogP contribution < -0.4 is 5.32 Å². The van der Waals surface area contributed by atoms with Gasteiger partial charge in [-0.3, -0.25) is 0 Å². The van der Waals surface area contributed by atoms with Crippen molar-refractivity contribution in [1.82, 2.24) is 5.32 Å². The first kappa shape index (κ1) is 15.2. The second-order valence-corrected chi connectivity index (χ2v) is 5.94. The Hall–Kier alpha value is -0.860. The number of ether oxygens (including phenoxy) is 1. The molecule has 2 unspecified atom stereocenters. The summed E-state index contributed by atoms with van der Waals surface area (Å²) in [4.78, 5) is 0. The van der Waals surface area contributed by atoms with Crippen molar-refractivity contribution in [3.05, 3.63) is 35.9 Å². The normalized spacial score (nSPS) is 15.4. The second-order valence-electron chi connectivity index (χ2n) is 5.94. The van der Waals surface area contributed by atoms with Gasteiger partial charge in [-0.25, -0.2) is 0 Å². The van der Waals surface area contributed by atoms with Crippen LogP contribution in [0.1, 0.15) is 45.7 Å². The number of hydrogen-bond donors (Lipinski definition) is 1. The molecule has 2 heteroatoms. The maximum Gasteiger partial charge on any atom is 0.0615 e. The lowest BCUT2D eigenvalue weighted by Crippen LogP contribution is -2.41. The van der Waals surface area contributed by atoms with Crippen LogP contribution in [0.25, 0.3) is 0 Å². The van der Waals surface area contributed by atoms with Gasteiger partial charge in [0.2, 0.25) is 0 Å². The first-order chi connectivity index (χ1) is 8.49. The van der Waals surface area contributed by atoms with Crippen LogP contribution in [0.2, 0.25) is 0 Å². The maximum atomic E-state index is 5.28. The van der Waals surface area contributed by atoms with E-state index in [1.807, 2.05) is 0 Å². The molecule has 0 radical (unpaired) electrons. The molecule has 0 spiro atoms. The first-order valence-electron chi connectivity index (χ1n) is 6.79. The standard InChI is InChI=1S/C16H27NO/c1-6-14(12-18-5)17-15(16(2,3)4)13-10-8-7-9-11-13/h7-11,14-15,17H,6,12H2,1-5H3. The van der Waals surface area contributed by atoms with Crippen LogP contribution in [-0.2, 0) is 4.74 Å². The van der Waals surface area contributed by atoms with Crippen molar-refractivity contribution in [2.45, 2.75) is 46.2 Å². The van der Waals surface area contributed by atoms with Gasteiger partial charge in [0.25, 0.3) is 0 Å². The maximum absolute atomic E-state index is 5.28. The van der Waals surface area contributed by atoms with Crippen LogP contribution >= 0.6 is 0 Å². The van der Waals surface area contributed by atoms with E-state index in [0.29, 0.717) is 12.1 Å². The van der Waals surface area contributed by atoms with E-state index in [1.54, 1.807) is 7.11 Å². The molecule has 0 saturated heterocycles. The topological polar surface area (TPSA) is 21.3 Å². The molecule has 0 saturated carbocycles. The third-order valence-electron chi connectivity index (χ3n) is 3.26. The molecular weight excluding hydrogens is 222 g/mol. The zero-order valence-electron chi connectivity index (χ0n) is 12.4. The predicted octanol–water partition coefficient (Wildman–Crippen LogP) is 3.79. The van der Waals surface area contributed by atoms with E-state index in [1.165, 1.54) is 5.56 Å². The summed E-state index contributed by atoms with van der Waals surface area (Å²) in [7, 11) is 1.76. The van der Waals surface area contributed by atoms with E-state index in [2.05, 4.69) is 63.3 Å². The van der Waals surface area contributed by atoms with E-state index in [-0.39, 0.29) is 5.41 Å². The number of hydrogen-bond acceptors (Lipinski definition) is 2. The van der Waals surface area contributed by atoms with Crippen LogP contribution in [0.5, 0.6) is 0 Å². The molecule has 1 aromatic carbocycles. The average molecular weight is 249 g/mol. The molecule has 1 N–H and O–H groups in total. The minimum atomic E-state index is 0.183. The molecule has 0 aliphatic carbocycles. The fourth-order valence-corrected chi connectivity index (χ4v) is 2.21. The zero-order valence-corrected chi connectivity index (χ0v) is 12.4. The molecule has 102 valence electrons. The highest BCUT2D eigenvalue weighted by Crippen LogP contribution is 2.33. The second kappa shape index (κ2) is 6.91. The molecule has 0 fully saturated rings. The third-order valence-corrected chi connectivity index (χ3v) is 3.26. The molecule has 0 amide bonds. The number of benzene rings is 1. The highest BCUT2D eigenvalue weighted by molar-refractivity contribution is 5.21. The average Bonchev–Trinajstić information content (AvgIpc) is 2.34. The molecule has 0 heterocycles. The van der Waals surface area contributed by atoms with Gasteiger partial charge in [0.1, 0.15) is 0 Å². The van der Waals surface area contributed by atoms with Crippen LogP contribution in [-0.4, -0.2) is 19.8 Å². The zero-order chi connectivity index (χ0) is 13.6. The van der Waals surface area contributed by atoms with Crippen LogP contribution in [0.3, 0.4) is 0 Å². The summed E-state index contributed by atoms with van der Waals surface area (Å²) in [6.07, 6.45) is 1.08. The summed E-state index contributed by atoms with van der Waals surface area (Å²) >= 11 is 0. The van der Waals surface area contributed by atoms with E-state index in [9.17, 15) is 0 Å². The van der Waals surface area contributed by atoms with Gasteiger partial charge in [-0.05, 0) is 17.4 Å². The summed E-state index contributed by atoms with van der Waals surface area (Å²) in [6.45, 7) is 9.78. The molecule has 2 nitrogen and oxygen atoms in total. The summed E-state index contributed by atoms with van der Waals surface area (Å²) in [5.74, 6) is 0. The third kappa shape index (κ3) is 4.43. The van der Waals surface area contributed by atoms with Crippen molar-refractivity contribution in [3.63, 3.8) is 0 Å². The van der Waals surface area contributed by atoms with E-state index in [4.69, 9.17) is 4.74 Å². The largest absolute Gasteiger partial charge is 0.383 e. The lowest BCUT2D eigenvalue weighted by atomic mass is 9.82. The molecule has 0 bridgehead atoms. The van der Waals surface area contributed by atoms with Crippen molar-refractivity contribution in [1.29, 1.82) is 0 Å². The summed E-state index contributed by atoms with van der Waals surface area (Å²) in [5.41, 5.74) is 1.53. The number of rotatable bonds is 6. The number of methoxy groups -OCH3 is 1. The summed E-state index contributed by atoms with van der Waals surface area (Å²) in [5, 5.41) is 3.74. The Balaban J connectivity index is 2.86. The lowest BCUT2D eigenvalue weighted by Gasteiger charge is -2.35. The Bertz CT molecular complexity index is 329. The molecular formula is C16H27NO. The first-order valence-corrected chi connectivity index (χ1v) is 6.79. The Morgan fingerprint density at radius 2 is 1.78 bits per heavy atom. The number of nitrogens with one attached hydrogen (secondary N) is 1. The van der Waals surface area contributed by atoms with Crippen molar-refractivity contribution >= 4 is 0 Å². The van der Waals surface area contributed by atoms with E-state index >= 15 is 0 Å². The predicted molar refractivity (Wildman–Crippen MR) is 77.7 cm³/mol. The minimum absolute atomic E-state index is 0.183. The smallest absolute Gasteiger partial charge is 0.0615 e. The Labute approximate surface area is 112 Å². The molecule has 0 aliphatic rings. The van der Waals surface area contributed by atoms with E-state index in [0.717, 1.165) is 13.0 Å².